The normalized spacial score (nSPS) is 27.4. The maximum Gasteiger partial charge on any atom is 0.250 e. The Kier molecular flexibility index (Phi) is 7.35. The molecular weight excluding hydrogens is 510 g/mol. The lowest BCUT2D eigenvalue weighted by Crippen LogP contribution is -2.53. The van der Waals surface area contributed by atoms with Crippen molar-refractivity contribution in [2.24, 2.45) is 11.8 Å². The summed E-state index contributed by atoms with van der Waals surface area (Å²) in [4.78, 5) is 42.6. The number of benzene rings is 2. The minimum atomic E-state index is -1.13. The van der Waals surface area contributed by atoms with E-state index in [0.29, 0.717) is 48.0 Å². The Hall–Kier alpha value is -3.14. The molecule has 2 bridgehead atoms. The molecule has 0 radical (unpaired) electrons. The Morgan fingerprint density at radius 1 is 1.18 bits per heavy atom. The van der Waals surface area contributed by atoms with Crippen molar-refractivity contribution in [2.45, 2.75) is 50.9 Å². The van der Waals surface area contributed by atoms with Crippen LogP contribution in [0.3, 0.4) is 0 Å². The molecule has 0 aromatic heterocycles. The van der Waals surface area contributed by atoms with E-state index in [1.165, 1.54) is 4.90 Å². The molecule has 3 fully saturated rings. The van der Waals surface area contributed by atoms with Gasteiger partial charge in [-0.3, -0.25) is 14.4 Å². The third-order valence-corrected chi connectivity index (χ3v) is 8.13. The lowest BCUT2D eigenvalue weighted by atomic mass is 9.70. The van der Waals surface area contributed by atoms with E-state index >= 15 is 0 Å². The number of anilines is 2. The summed E-state index contributed by atoms with van der Waals surface area (Å²) in [6, 6.07) is 11.4. The summed E-state index contributed by atoms with van der Waals surface area (Å²) in [6.45, 7) is 4.31. The first kappa shape index (κ1) is 26.5. The fourth-order valence-electron chi connectivity index (χ4n) is 6.24. The molecule has 3 aliphatic rings. The summed E-state index contributed by atoms with van der Waals surface area (Å²) in [5.74, 6) is -1.87. The summed E-state index contributed by atoms with van der Waals surface area (Å²) >= 11 is 6.37. The number of fused-ring (bicyclic) bond motifs is 1. The third-order valence-electron chi connectivity index (χ3n) is 7.81. The maximum absolute atomic E-state index is 13.8. The number of aliphatic hydroxyl groups is 1. The fourth-order valence-corrected chi connectivity index (χ4v) is 6.51. The highest BCUT2D eigenvalue weighted by atomic mass is 35.5. The van der Waals surface area contributed by atoms with Crippen molar-refractivity contribution in [2.75, 3.05) is 30.4 Å². The van der Waals surface area contributed by atoms with E-state index in [0.717, 1.165) is 5.56 Å². The average Bonchev–Trinajstić information content (AvgIpc) is 3.53. The summed E-state index contributed by atoms with van der Waals surface area (Å²) < 4.78 is 11.9. The number of rotatable bonds is 9. The summed E-state index contributed by atoms with van der Waals surface area (Å²) in [6.07, 6.45) is 0.879. The van der Waals surface area contributed by atoms with E-state index in [1.807, 2.05) is 19.9 Å². The molecular formula is C28H32ClN3O6. The lowest BCUT2D eigenvalue weighted by molar-refractivity contribution is -0.139. The summed E-state index contributed by atoms with van der Waals surface area (Å²) in [7, 11) is 0. The van der Waals surface area contributed by atoms with E-state index in [2.05, 4.69) is 10.6 Å². The van der Waals surface area contributed by atoms with Crippen LogP contribution in [0.5, 0.6) is 5.75 Å². The number of hydrogen-bond donors (Lipinski definition) is 3. The number of carbonyl (C=O) groups is 3. The minimum Gasteiger partial charge on any atom is -0.494 e. The molecule has 2 aromatic rings. The van der Waals surface area contributed by atoms with Crippen LogP contribution in [-0.4, -0.2) is 65.2 Å². The molecule has 10 heteroatoms. The van der Waals surface area contributed by atoms with E-state index in [4.69, 9.17) is 21.1 Å². The van der Waals surface area contributed by atoms with Crippen LogP contribution in [0.4, 0.5) is 11.4 Å². The van der Waals surface area contributed by atoms with Crippen molar-refractivity contribution in [1.29, 1.82) is 0 Å². The Morgan fingerprint density at radius 3 is 2.63 bits per heavy atom. The molecule has 202 valence electrons. The number of aryl methyl sites for hydroxylation is 1. The van der Waals surface area contributed by atoms with Crippen LogP contribution in [0.15, 0.2) is 42.5 Å². The van der Waals surface area contributed by atoms with Gasteiger partial charge in [-0.25, -0.2) is 0 Å². The first-order valence-electron chi connectivity index (χ1n) is 13.0. The van der Waals surface area contributed by atoms with Gasteiger partial charge in [0.1, 0.15) is 17.4 Å². The van der Waals surface area contributed by atoms with Gasteiger partial charge in [-0.1, -0.05) is 23.7 Å². The summed E-state index contributed by atoms with van der Waals surface area (Å²) in [5, 5.41) is 15.7. The standard InChI is InChI=1S/C28H32ClN3O6/c1-3-37-18-10-8-17(9-11-18)30-25(34)21-20-12-13-28(38-20)22(21)27(36)32(14-5-15-33)24(28)26(35)31-23-16(2)6-4-7-19(23)29/h4,6-11,20-22,24,33H,3,5,12-15H2,1-2H3,(H,30,34)(H,31,35)/t20-,21+,22+,24?,28?/m1/s1. The van der Waals surface area contributed by atoms with Crippen molar-refractivity contribution in [3.63, 3.8) is 0 Å². The van der Waals surface area contributed by atoms with Crippen molar-refractivity contribution in [3.05, 3.63) is 53.1 Å². The van der Waals surface area contributed by atoms with Gasteiger partial charge in [-0.15, -0.1) is 0 Å². The van der Waals surface area contributed by atoms with E-state index in [1.54, 1.807) is 36.4 Å². The molecule has 3 saturated heterocycles. The number of halogens is 1. The van der Waals surface area contributed by atoms with Crippen molar-refractivity contribution >= 4 is 40.7 Å². The van der Waals surface area contributed by atoms with Crippen LogP contribution in [0.1, 0.15) is 31.7 Å². The Labute approximate surface area is 226 Å². The van der Waals surface area contributed by atoms with Gasteiger partial charge in [0.2, 0.25) is 17.7 Å². The number of hydrogen-bond acceptors (Lipinski definition) is 6. The molecule has 2 aromatic carbocycles. The Morgan fingerprint density at radius 2 is 1.95 bits per heavy atom. The first-order valence-corrected chi connectivity index (χ1v) is 13.4. The lowest BCUT2D eigenvalue weighted by Gasteiger charge is -2.33. The fraction of sp³-hybridized carbons (Fsp3) is 0.464. The topological polar surface area (TPSA) is 117 Å². The number of nitrogens with one attached hydrogen (secondary N) is 2. The van der Waals surface area contributed by atoms with E-state index in [-0.39, 0.29) is 25.0 Å². The van der Waals surface area contributed by atoms with Crippen LogP contribution in [0.2, 0.25) is 5.02 Å². The predicted octanol–water partition coefficient (Wildman–Crippen LogP) is 3.38. The Balaban J connectivity index is 1.43. The molecule has 1 spiro atoms. The third kappa shape index (κ3) is 4.42. The zero-order chi connectivity index (χ0) is 27.0. The second-order valence-electron chi connectivity index (χ2n) is 10.0. The highest BCUT2D eigenvalue weighted by molar-refractivity contribution is 6.34. The number of amides is 3. The number of carbonyl (C=O) groups excluding carboxylic acids is 3. The van der Waals surface area contributed by atoms with Crippen LogP contribution < -0.4 is 15.4 Å². The number of aliphatic hydroxyl groups excluding tert-OH is 1. The number of ether oxygens (including phenoxy) is 2. The molecule has 0 aliphatic carbocycles. The van der Waals surface area contributed by atoms with Gasteiger partial charge in [0.15, 0.2) is 0 Å². The Bertz CT molecular complexity index is 1220. The zero-order valence-electron chi connectivity index (χ0n) is 21.4. The van der Waals surface area contributed by atoms with Crippen LogP contribution >= 0.6 is 11.6 Å². The van der Waals surface area contributed by atoms with Crippen LogP contribution in [0.25, 0.3) is 0 Å². The van der Waals surface area contributed by atoms with Gasteiger partial charge in [0.05, 0.1) is 35.3 Å². The van der Waals surface area contributed by atoms with Gasteiger partial charge < -0.3 is 30.1 Å². The zero-order valence-corrected chi connectivity index (χ0v) is 22.2. The van der Waals surface area contributed by atoms with Gasteiger partial charge in [-0.05, 0) is 69.0 Å². The highest BCUT2D eigenvalue weighted by Gasteiger charge is 2.74. The van der Waals surface area contributed by atoms with Gasteiger partial charge >= 0.3 is 0 Å². The minimum absolute atomic E-state index is 0.134. The van der Waals surface area contributed by atoms with Crippen LogP contribution in [0, 0.1) is 18.8 Å². The highest BCUT2D eigenvalue weighted by Crippen LogP contribution is 2.58. The molecule has 3 heterocycles. The van der Waals surface area contributed by atoms with Crippen molar-refractivity contribution in [1.82, 2.24) is 4.90 Å². The molecule has 3 aliphatic heterocycles. The van der Waals surface area contributed by atoms with Crippen molar-refractivity contribution < 1.29 is 29.0 Å². The molecule has 5 rings (SSSR count). The monoisotopic (exact) mass is 541 g/mol. The molecule has 9 nitrogen and oxygen atoms in total. The van der Waals surface area contributed by atoms with Gasteiger partial charge in [0, 0.05) is 18.8 Å². The van der Waals surface area contributed by atoms with Gasteiger partial charge in [-0.2, -0.15) is 0 Å². The SMILES string of the molecule is CCOc1ccc(NC(=O)[C@@H]2[C@H]3C(=O)N(CCCO)C(C(=O)Nc4c(C)cccc4Cl)C34CC[C@H]2O4)cc1. The largest absolute Gasteiger partial charge is 0.494 e. The predicted molar refractivity (Wildman–Crippen MR) is 142 cm³/mol. The molecule has 2 unspecified atom stereocenters. The molecule has 0 saturated carbocycles. The van der Waals surface area contributed by atoms with Gasteiger partial charge in [0.25, 0.3) is 0 Å². The smallest absolute Gasteiger partial charge is 0.250 e. The second kappa shape index (κ2) is 10.6. The number of likely N-dealkylation sites (tertiary alicyclic amines) is 1. The van der Waals surface area contributed by atoms with Crippen molar-refractivity contribution in [3.8, 4) is 5.75 Å². The first-order chi connectivity index (χ1) is 18.3. The second-order valence-corrected chi connectivity index (χ2v) is 10.4. The summed E-state index contributed by atoms with van der Waals surface area (Å²) in [5.41, 5.74) is 0.722. The maximum atomic E-state index is 13.8. The van der Waals surface area contributed by atoms with E-state index in [9.17, 15) is 19.5 Å². The number of nitrogens with zero attached hydrogens (tertiary/aromatic N) is 1. The quantitative estimate of drug-likeness (QED) is 0.448. The molecule has 5 atom stereocenters. The van der Waals surface area contributed by atoms with E-state index < -0.39 is 35.5 Å². The average molecular weight is 542 g/mol. The molecule has 3 amide bonds. The number of para-hydroxylation sites is 1. The van der Waals surface area contributed by atoms with Crippen LogP contribution in [-0.2, 0) is 19.1 Å². The molecule has 38 heavy (non-hydrogen) atoms. The molecule has 3 N–H and O–H groups in total.